The quantitative estimate of drug-likeness (QED) is 0.0891. The van der Waals surface area contributed by atoms with Crippen LogP contribution >= 0.6 is 0 Å². The van der Waals surface area contributed by atoms with Crippen LogP contribution in [0.1, 0.15) is 64.2 Å². The first-order chi connectivity index (χ1) is 20.8. The van der Waals surface area contributed by atoms with E-state index in [1.165, 1.54) is 24.3 Å². The van der Waals surface area contributed by atoms with E-state index < -0.39 is 70.6 Å². The fourth-order valence-electron chi connectivity index (χ4n) is 5.80. The van der Waals surface area contributed by atoms with Crippen molar-refractivity contribution in [2.45, 2.75) is 64.2 Å². The second-order valence-corrected chi connectivity index (χ2v) is 12.4. The Morgan fingerprint density at radius 1 is 0.682 bits per heavy atom. The van der Waals surface area contributed by atoms with Crippen LogP contribution in [-0.2, 0) is 53.3 Å². The number of imide groups is 2. The van der Waals surface area contributed by atoms with Gasteiger partial charge >= 0.3 is 28.2 Å². The van der Waals surface area contributed by atoms with Crippen molar-refractivity contribution in [2.75, 3.05) is 13.1 Å². The normalized spacial score (nSPS) is 26.0. The van der Waals surface area contributed by atoms with Crippen molar-refractivity contribution in [2.24, 2.45) is 28.1 Å². The van der Waals surface area contributed by atoms with Crippen LogP contribution in [0.3, 0.4) is 0 Å². The van der Waals surface area contributed by atoms with Crippen LogP contribution in [0, 0.1) is 23.7 Å². The molecule has 2 aliphatic carbocycles. The number of esters is 3. The molecule has 0 aromatic carbocycles. The van der Waals surface area contributed by atoms with Gasteiger partial charge in [0.05, 0.1) is 18.3 Å². The van der Waals surface area contributed by atoms with Gasteiger partial charge in [-0.25, -0.2) is 0 Å². The Balaban J connectivity index is 1.20. The summed E-state index contributed by atoms with van der Waals surface area (Å²) in [6, 6.07) is 0. The zero-order valence-corrected chi connectivity index (χ0v) is 24.6. The van der Waals surface area contributed by atoms with Gasteiger partial charge in [-0.05, 0) is 63.2 Å². The largest absolute Gasteiger partial charge is 0.410 e. The van der Waals surface area contributed by atoms with Crippen LogP contribution in [0.2, 0.25) is 0 Å². The molecule has 16 heteroatoms. The molecule has 2 aliphatic heterocycles. The molecule has 0 aromatic rings. The Morgan fingerprint density at radius 2 is 1.07 bits per heavy atom. The first-order valence-electron chi connectivity index (χ1n) is 14.4. The minimum absolute atomic E-state index is 0.0160. The van der Waals surface area contributed by atoms with E-state index in [9.17, 15) is 42.0 Å². The zero-order valence-electron chi connectivity index (χ0n) is 23.8. The topological polar surface area (TPSA) is 211 Å². The van der Waals surface area contributed by atoms with Gasteiger partial charge in [-0.2, -0.15) is 8.42 Å². The number of amides is 4. The highest BCUT2D eigenvalue weighted by Gasteiger charge is 2.34. The Morgan fingerprint density at radius 3 is 1.45 bits per heavy atom. The van der Waals surface area contributed by atoms with Crippen LogP contribution in [0.15, 0.2) is 28.7 Å². The molecule has 2 fully saturated rings. The molecule has 4 rings (SSSR count). The molecule has 0 spiro atoms. The van der Waals surface area contributed by atoms with E-state index in [2.05, 4.69) is 4.40 Å². The SMILES string of the molecule is O=C(CC/C(=N/S(=O)(=O)O)OC(=O)[C@H]1CC[C@H](CN2C(=O)C=CC2=O)CC1)OC(=O)[C@H]1CC[C@H](CN2C(=O)C=CC2=O)CC1. The van der Waals surface area contributed by atoms with Crippen molar-refractivity contribution >= 4 is 57.7 Å². The Kier molecular flexibility index (Phi) is 10.6. The van der Waals surface area contributed by atoms with Gasteiger partial charge in [0.2, 0.25) is 5.90 Å². The molecule has 0 radical (unpaired) electrons. The van der Waals surface area contributed by atoms with Crippen molar-refractivity contribution < 1.29 is 56.0 Å². The highest BCUT2D eigenvalue weighted by atomic mass is 32.2. The molecule has 2 saturated carbocycles. The summed E-state index contributed by atoms with van der Waals surface area (Å²) in [6.45, 7) is 0.474. The highest BCUT2D eigenvalue weighted by molar-refractivity contribution is 7.84. The van der Waals surface area contributed by atoms with Gasteiger partial charge in [0.15, 0.2) is 0 Å². The fraction of sp³-hybridized carbons (Fsp3) is 0.571. The molecule has 2 heterocycles. The molecule has 1 N–H and O–H groups in total. The van der Waals surface area contributed by atoms with Crippen LogP contribution in [0.4, 0.5) is 0 Å². The van der Waals surface area contributed by atoms with Gasteiger partial charge < -0.3 is 9.47 Å². The summed E-state index contributed by atoms with van der Waals surface area (Å²) in [5, 5.41) is 0. The molecule has 44 heavy (non-hydrogen) atoms. The Bertz CT molecular complexity index is 1380. The van der Waals surface area contributed by atoms with Crippen molar-refractivity contribution in [1.29, 1.82) is 0 Å². The van der Waals surface area contributed by atoms with Crippen molar-refractivity contribution in [3.8, 4) is 0 Å². The lowest BCUT2D eigenvalue weighted by Crippen LogP contribution is -2.37. The number of hydrogen-bond acceptors (Lipinski definition) is 11. The maximum atomic E-state index is 12.7. The zero-order chi connectivity index (χ0) is 32.0. The second kappa shape index (κ2) is 14.2. The second-order valence-electron chi connectivity index (χ2n) is 11.3. The van der Waals surface area contributed by atoms with Crippen LogP contribution in [0.25, 0.3) is 0 Å². The van der Waals surface area contributed by atoms with E-state index in [4.69, 9.17) is 14.0 Å². The summed E-state index contributed by atoms with van der Waals surface area (Å²) in [4.78, 5) is 87.0. The lowest BCUT2D eigenvalue weighted by molar-refractivity contribution is -0.164. The standard InChI is InChI=1S/C28H33N3O12S/c32-22-10-11-23(33)30(22)15-17-1-5-19(6-2-17)27(37)42-21(29-44(39,40)41)9-14-26(36)43-28(38)20-7-3-18(4-8-20)16-31-24(34)12-13-25(31)35/h10-13,17-20H,1-9,14-16H2,(H,39,40,41)/b29-21-/t17-,18-,19-,20-. The van der Waals surface area contributed by atoms with E-state index >= 15 is 0 Å². The average molecular weight is 636 g/mol. The fourth-order valence-corrected chi connectivity index (χ4v) is 6.18. The van der Waals surface area contributed by atoms with Gasteiger partial charge in [-0.3, -0.25) is 47.9 Å². The van der Waals surface area contributed by atoms with E-state index in [0.717, 1.165) is 9.80 Å². The van der Waals surface area contributed by atoms with Crippen LogP contribution in [-0.4, -0.2) is 83.3 Å². The van der Waals surface area contributed by atoms with Crippen molar-refractivity contribution in [1.82, 2.24) is 9.80 Å². The van der Waals surface area contributed by atoms with Gasteiger partial charge in [-0.15, -0.1) is 4.40 Å². The van der Waals surface area contributed by atoms with E-state index in [1.54, 1.807) is 0 Å². The molecule has 4 amide bonds. The molecule has 238 valence electrons. The summed E-state index contributed by atoms with van der Waals surface area (Å²) in [5.41, 5.74) is 0. The van der Waals surface area contributed by atoms with Crippen molar-refractivity contribution in [3.63, 3.8) is 0 Å². The summed E-state index contributed by atoms with van der Waals surface area (Å²) in [6.07, 6.45) is 7.25. The number of hydrogen-bond donors (Lipinski definition) is 1. The monoisotopic (exact) mass is 635 g/mol. The molecule has 0 unspecified atom stereocenters. The smallest absolute Gasteiger partial charge is 0.381 e. The first kappa shape index (κ1) is 32.9. The van der Waals surface area contributed by atoms with E-state index in [-0.39, 0.29) is 36.7 Å². The maximum Gasteiger partial charge on any atom is 0.381 e. The van der Waals surface area contributed by atoms with E-state index in [1.807, 2.05) is 0 Å². The van der Waals surface area contributed by atoms with Gasteiger partial charge in [-0.1, -0.05) is 0 Å². The third-order valence-electron chi connectivity index (χ3n) is 8.24. The lowest BCUT2D eigenvalue weighted by atomic mass is 9.82. The summed E-state index contributed by atoms with van der Waals surface area (Å²) in [5.74, 6) is -6.05. The predicted molar refractivity (Wildman–Crippen MR) is 148 cm³/mol. The number of rotatable bonds is 10. The lowest BCUT2D eigenvalue weighted by Gasteiger charge is -2.29. The Labute approximate surface area is 253 Å². The van der Waals surface area contributed by atoms with Gasteiger partial charge in [0, 0.05) is 43.8 Å². The predicted octanol–water partition coefficient (Wildman–Crippen LogP) is 1.04. The van der Waals surface area contributed by atoms with Gasteiger partial charge in [0.25, 0.3) is 23.6 Å². The van der Waals surface area contributed by atoms with E-state index in [0.29, 0.717) is 51.4 Å². The number of carbonyl (C=O) groups excluding carboxylic acids is 7. The first-order valence-corrected chi connectivity index (χ1v) is 15.8. The minimum Gasteiger partial charge on any atom is -0.410 e. The molecular weight excluding hydrogens is 602 g/mol. The molecule has 0 aromatic heterocycles. The average Bonchev–Trinajstić information content (AvgIpc) is 3.46. The maximum absolute atomic E-state index is 12.7. The Hall–Kier alpha value is -4.05. The molecule has 0 saturated heterocycles. The molecule has 0 bridgehead atoms. The molecule has 15 nitrogen and oxygen atoms in total. The highest BCUT2D eigenvalue weighted by Crippen LogP contribution is 2.32. The van der Waals surface area contributed by atoms with Crippen LogP contribution < -0.4 is 0 Å². The minimum atomic E-state index is -4.97. The number of ether oxygens (including phenoxy) is 2. The molecule has 4 aliphatic rings. The van der Waals surface area contributed by atoms with Gasteiger partial charge in [0.1, 0.15) is 0 Å². The number of nitrogens with zero attached hydrogens (tertiary/aromatic N) is 3. The van der Waals surface area contributed by atoms with Crippen molar-refractivity contribution in [3.05, 3.63) is 24.3 Å². The summed E-state index contributed by atoms with van der Waals surface area (Å²) in [7, 11) is -4.97. The van der Waals surface area contributed by atoms with Crippen LogP contribution in [0.5, 0.6) is 0 Å². The third kappa shape index (κ3) is 8.98. The summed E-state index contributed by atoms with van der Waals surface area (Å²) >= 11 is 0. The summed E-state index contributed by atoms with van der Waals surface area (Å²) < 4.78 is 44.9. The third-order valence-corrected chi connectivity index (χ3v) is 8.67. The molecular formula is C28H33N3O12S. The molecule has 0 atom stereocenters. The number of carbonyl (C=O) groups is 7.